The maximum absolute atomic E-state index is 11.2. The summed E-state index contributed by atoms with van der Waals surface area (Å²) < 4.78 is 5.12. The lowest BCUT2D eigenvalue weighted by Crippen LogP contribution is -2.31. The third kappa shape index (κ3) is 8.51. The van der Waals surface area contributed by atoms with Gasteiger partial charge >= 0.3 is 0 Å². The molecule has 0 saturated heterocycles. The summed E-state index contributed by atoms with van der Waals surface area (Å²) in [6, 6.07) is 0. The van der Waals surface area contributed by atoms with Crippen molar-refractivity contribution in [1.82, 2.24) is 5.32 Å². The van der Waals surface area contributed by atoms with Crippen molar-refractivity contribution in [2.75, 3.05) is 25.1 Å². The normalized spacial score (nSPS) is 12.5. The van der Waals surface area contributed by atoms with Crippen molar-refractivity contribution in [2.45, 2.75) is 26.7 Å². The average molecular weight is 266 g/mol. The number of rotatable bonds is 8. The Balaban J connectivity index is 3.34. The zero-order chi connectivity index (χ0) is 10.8. The van der Waals surface area contributed by atoms with Crippen LogP contribution in [0.25, 0.3) is 0 Å². The van der Waals surface area contributed by atoms with Crippen molar-refractivity contribution < 1.29 is 9.53 Å². The van der Waals surface area contributed by atoms with E-state index in [1.54, 1.807) is 0 Å². The number of carbonyl (C=O) groups is 1. The maximum atomic E-state index is 11.2. The minimum atomic E-state index is -0.0140. The second-order valence-electron chi connectivity index (χ2n) is 3.44. The van der Waals surface area contributed by atoms with Gasteiger partial charge in [-0.25, -0.2) is 0 Å². The summed E-state index contributed by atoms with van der Waals surface area (Å²) in [4.78, 5) is 11.2. The van der Waals surface area contributed by atoms with E-state index in [0.717, 1.165) is 24.7 Å². The second-order valence-corrected chi connectivity index (χ2v) is 4.23. The van der Waals surface area contributed by atoms with Crippen molar-refractivity contribution in [3.8, 4) is 0 Å². The van der Waals surface area contributed by atoms with Gasteiger partial charge in [-0.3, -0.25) is 4.79 Å². The summed E-state index contributed by atoms with van der Waals surface area (Å²) in [7, 11) is 0. The first-order valence-corrected chi connectivity index (χ1v) is 6.23. The number of nitrogens with one attached hydrogen (secondary N) is 1. The number of amides is 1. The average Bonchev–Trinajstić information content (AvgIpc) is 2.16. The van der Waals surface area contributed by atoms with Crippen molar-refractivity contribution in [3.05, 3.63) is 0 Å². The lowest BCUT2D eigenvalue weighted by atomic mass is 10.1. The van der Waals surface area contributed by atoms with E-state index in [2.05, 4.69) is 28.2 Å². The zero-order valence-electron chi connectivity index (χ0n) is 9.01. The Morgan fingerprint density at radius 3 is 2.86 bits per heavy atom. The highest BCUT2D eigenvalue weighted by Gasteiger charge is 2.04. The predicted octanol–water partition coefficient (Wildman–Crippen LogP) is 1.95. The third-order valence-corrected chi connectivity index (χ3v) is 2.29. The fourth-order valence-corrected chi connectivity index (χ4v) is 1.72. The molecule has 3 nitrogen and oxygen atoms in total. The Kier molecular flexibility index (Phi) is 9.40. The number of hydrogen-bond acceptors (Lipinski definition) is 2. The van der Waals surface area contributed by atoms with Crippen LogP contribution >= 0.6 is 15.9 Å². The zero-order valence-corrected chi connectivity index (χ0v) is 10.6. The van der Waals surface area contributed by atoms with Crippen molar-refractivity contribution in [2.24, 2.45) is 5.92 Å². The lowest BCUT2D eigenvalue weighted by molar-refractivity contribution is -0.125. The van der Waals surface area contributed by atoms with Gasteiger partial charge in [0.15, 0.2) is 0 Å². The van der Waals surface area contributed by atoms with Gasteiger partial charge in [0.25, 0.3) is 0 Å². The summed E-state index contributed by atoms with van der Waals surface area (Å²) in [6.07, 6.45) is 2.03. The first-order valence-electron chi connectivity index (χ1n) is 5.11. The van der Waals surface area contributed by atoms with Gasteiger partial charge in [0, 0.05) is 18.5 Å². The standard InChI is InChI=1S/C10H20BrNO2/c1-3-6-14-8-10(13)12-7-9(2)4-5-11/h9H,3-8H2,1-2H3,(H,12,13). The van der Waals surface area contributed by atoms with Gasteiger partial charge in [-0.2, -0.15) is 0 Å². The summed E-state index contributed by atoms with van der Waals surface area (Å²) in [6.45, 7) is 5.73. The number of alkyl halides is 1. The second kappa shape index (κ2) is 9.46. The van der Waals surface area contributed by atoms with Crippen LogP contribution in [0.5, 0.6) is 0 Å². The van der Waals surface area contributed by atoms with Crippen LogP contribution in [-0.2, 0) is 9.53 Å². The van der Waals surface area contributed by atoms with Gasteiger partial charge in [0.2, 0.25) is 5.91 Å². The van der Waals surface area contributed by atoms with Crippen molar-refractivity contribution >= 4 is 21.8 Å². The molecule has 1 N–H and O–H groups in total. The van der Waals surface area contributed by atoms with Crippen molar-refractivity contribution in [3.63, 3.8) is 0 Å². The van der Waals surface area contributed by atoms with Crippen LogP contribution in [0.3, 0.4) is 0 Å². The van der Waals surface area contributed by atoms with E-state index in [1.165, 1.54) is 0 Å². The van der Waals surface area contributed by atoms with E-state index in [4.69, 9.17) is 4.74 Å². The molecule has 1 atom stereocenters. The summed E-state index contributed by atoms with van der Waals surface area (Å²) in [5.74, 6) is 0.504. The quantitative estimate of drug-likeness (QED) is 0.538. The maximum Gasteiger partial charge on any atom is 0.246 e. The van der Waals surface area contributed by atoms with Gasteiger partial charge in [-0.15, -0.1) is 0 Å². The van der Waals surface area contributed by atoms with Crippen molar-refractivity contribution in [1.29, 1.82) is 0 Å². The van der Waals surface area contributed by atoms with E-state index in [1.807, 2.05) is 6.92 Å². The number of halogens is 1. The Morgan fingerprint density at radius 2 is 2.29 bits per heavy atom. The first kappa shape index (κ1) is 13.9. The van der Waals surface area contributed by atoms with Gasteiger partial charge in [-0.1, -0.05) is 29.8 Å². The van der Waals surface area contributed by atoms with Gasteiger partial charge in [0.1, 0.15) is 6.61 Å². The number of carbonyl (C=O) groups excluding carboxylic acids is 1. The first-order chi connectivity index (χ1) is 6.70. The van der Waals surface area contributed by atoms with E-state index in [-0.39, 0.29) is 12.5 Å². The van der Waals surface area contributed by atoms with Crippen LogP contribution in [0.2, 0.25) is 0 Å². The third-order valence-electron chi connectivity index (χ3n) is 1.83. The molecule has 0 bridgehead atoms. The van der Waals surface area contributed by atoms with Gasteiger partial charge in [-0.05, 0) is 18.8 Å². The van der Waals surface area contributed by atoms with Gasteiger partial charge in [0.05, 0.1) is 0 Å². The highest BCUT2D eigenvalue weighted by Crippen LogP contribution is 2.01. The van der Waals surface area contributed by atoms with E-state index in [0.29, 0.717) is 12.5 Å². The highest BCUT2D eigenvalue weighted by atomic mass is 79.9. The van der Waals surface area contributed by atoms with E-state index >= 15 is 0 Å². The Bertz CT molecular complexity index is 153. The molecule has 0 aromatic rings. The molecule has 0 fully saturated rings. The molecule has 0 radical (unpaired) electrons. The highest BCUT2D eigenvalue weighted by molar-refractivity contribution is 9.09. The largest absolute Gasteiger partial charge is 0.372 e. The molecule has 4 heteroatoms. The molecule has 0 rings (SSSR count). The Morgan fingerprint density at radius 1 is 1.57 bits per heavy atom. The summed E-state index contributed by atoms with van der Waals surface area (Å²) in [5, 5.41) is 3.82. The SMILES string of the molecule is CCCOCC(=O)NCC(C)CCBr. The molecule has 0 aromatic heterocycles. The molecule has 0 aliphatic carbocycles. The number of ether oxygens (including phenoxy) is 1. The van der Waals surface area contributed by atoms with Crippen LogP contribution < -0.4 is 5.32 Å². The van der Waals surface area contributed by atoms with E-state index < -0.39 is 0 Å². The molecule has 0 saturated carbocycles. The smallest absolute Gasteiger partial charge is 0.246 e. The molecule has 1 amide bonds. The fourth-order valence-electron chi connectivity index (χ4n) is 0.937. The lowest BCUT2D eigenvalue weighted by Gasteiger charge is -2.10. The number of hydrogen-bond donors (Lipinski definition) is 1. The van der Waals surface area contributed by atoms with Crippen LogP contribution in [-0.4, -0.2) is 31.0 Å². The summed E-state index contributed by atoms with van der Waals surface area (Å²) >= 11 is 3.37. The molecule has 0 aliphatic rings. The molecule has 0 spiro atoms. The van der Waals surface area contributed by atoms with E-state index in [9.17, 15) is 4.79 Å². The van der Waals surface area contributed by atoms with Crippen LogP contribution in [0.15, 0.2) is 0 Å². The molecule has 84 valence electrons. The van der Waals surface area contributed by atoms with Gasteiger partial charge < -0.3 is 10.1 Å². The minimum absolute atomic E-state index is 0.0140. The summed E-state index contributed by atoms with van der Waals surface area (Å²) in [5.41, 5.74) is 0. The fraction of sp³-hybridized carbons (Fsp3) is 0.900. The molecular formula is C10H20BrNO2. The minimum Gasteiger partial charge on any atom is -0.372 e. The van der Waals surface area contributed by atoms with Crippen LogP contribution in [0.4, 0.5) is 0 Å². The predicted molar refractivity (Wildman–Crippen MR) is 61.7 cm³/mol. The molecule has 0 aromatic carbocycles. The molecule has 0 heterocycles. The monoisotopic (exact) mass is 265 g/mol. The van der Waals surface area contributed by atoms with Crippen LogP contribution in [0.1, 0.15) is 26.7 Å². The Hall–Kier alpha value is -0.0900. The molecule has 14 heavy (non-hydrogen) atoms. The Labute approximate surface area is 94.7 Å². The topological polar surface area (TPSA) is 38.3 Å². The molecular weight excluding hydrogens is 246 g/mol. The molecule has 0 aliphatic heterocycles. The molecule has 1 unspecified atom stereocenters. The van der Waals surface area contributed by atoms with Crippen LogP contribution in [0, 0.1) is 5.92 Å².